The van der Waals surface area contributed by atoms with Crippen LogP contribution in [0.2, 0.25) is 0 Å². The van der Waals surface area contributed by atoms with E-state index < -0.39 is 0 Å². The van der Waals surface area contributed by atoms with Crippen LogP contribution in [0.3, 0.4) is 0 Å². The maximum absolute atomic E-state index is 10.7. The lowest BCUT2D eigenvalue weighted by Crippen LogP contribution is -2.30. The number of aryl methyl sites for hydroxylation is 1. The fourth-order valence-corrected chi connectivity index (χ4v) is 1.44. The smallest absolute Gasteiger partial charge is 0.234 e. The van der Waals surface area contributed by atoms with E-state index in [0.717, 1.165) is 0 Å². The van der Waals surface area contributed by atoms with Gasteiger partial charge in [0.2, 0.25) is 11.1 Å². The van der Waals surface area contributed by atoms with Crippen LogP contribution < -0.4 is 11.3 Å². The van der Waals surface area contributed by atoms with Crippen LogP contribution in [0, 0.1) is 0 Å². The Kier molecular flexibility index (Phi) is 3.65. The molecule has 0 radical (unpaired) electrons. The van der Waals surface area contributed by atoms with E-state index in [0.29, 0.717) is 17.3 Å². The molecule has 1 aromatic rings. The van der Waals surface area contributed by atoms with Gasteiger partial charge in [-0.15, -0.1) is 5.10 Å². The number of nitrogens with two attached hydrogens (primary N) is 1. The molecule has 0 aliphatic carbocycles. The Morgan fingerprint density at radius 3 is 3.08 bits per heavy atom. The molecule has 0 atom stereocenters. The number of aromatic nitrogens is 4. The van der Waals surface area contributed by atoms with E-state index in [-0.39, 0.29) is 5.91 Å². The minimum absolute atomic E-state index is 0.192. The average molecular weight is 202 g/mol. The summed E-state index contributed by atoms with van der Waals surface area (Å²) in [4.78, 5) is 10.7. The fourth-order valence-electron chi connectivity index (χ4n) is 0.651. The van der Waals surface area contributed by atoms with Crippen LogP contribution in [-0.4, -0.2) is 31.9 Å². The molecule has 13 heavy (non-hydrogen) atoms. The van der Waals surface area contributed by atoms with Crippen molar-refractivity contribution in [3.63, 3.8) is 0 Å². The van der Waals surface area contributed by atoms with Crippen LogP contribution in [-0.2, 0) is 11.8 Å². The lowest BCUT2D eigenvalue weighted by Gasteiger charge is -1.98. The van der Waals surface area contributed by atoms with Crippen molar-refractivity contribution in [1.82, 2.24) is 25.6 Å². The summed E-state index contributed by atoms with van der Waals surface area (Å²) in [5, 5.41) is 11.5. The van der Waals surface area contributed by atoms with Gasteiger partial charge < -0.3 is 0 Å². The molecule has 1 aromatic heterocycles. The first-order valence-electron chi connectivity index (χ1n) is 3.58. The molecular formula is C5H10N6OS. The summed E-state index contributed by atoms with van der Waals surface area (Å²) < 4.78 is 1.55. The molecule has 0 saturated heterocycles. The second-order valence-corrected chi connectivity index (χ2v) is 3.31. The van der Waals surface area contributed by atoms with Crippen LogP contribution in [0.4, 0.5) is 0 Å². The predicted molar refractivity (Wildman–Crippen MR) is 46.5 cm³/mol. The van der Waals surface area contributed by atoms with Gasteiger partial charge in [0.05, 0.1) is 0 Å². The quantitative estimate of drug-likeness (QED) is 0.272. The molecule has 3 N–H and O–H groups in total. The van der Waals surface area contributed by atoms with Crippen molar-refractivity contribution in [2.45, 2.75) is 11.6 Å². The van der Waals surface area contributed by atoms with Crippen LogP contribution in [0.15, 0.2) is 5.16 Å². The second-order valence-electron chi connectivity index (χ2n) is 2.25. The molecule has 72 valence electrons. The highest BCUT2D eigenvalue weighted by atomic mass is 32.2. The number of thioether (sulfide) groups is 1. The molecule has 8 heteroatoms. The van der Waals surface area contributed by atoms with Crippen molar-refractivity contribution in [2.24, 2.45) is 12.9 Å². The molecule has 0 spiro atoms. The highest BCUT2D eigenvalue weighted by Crippen LogP contribution is 2.12. The summed E-state index contributed by atoms with van der Waals surface area (Å²) in [6.45, 7) is 0. The minimum Gasteiger partial charge on any atom is -0.294 e. The van der Waals surface area contributed by atoms with Crippen molar-refractivity contribution < 1.29 is 4.79 Å². The van der Waals surface area contributed by atoms with Crippen molar-refractivity contribution in [1.29, 1.82) is 0 Å². The minimum atomic E-state index is -0.192. The third kappa shape index (κ3) is 2.99. The number of nitrogens with zero attached hydrogens (tertiary/aromatic N) is 4. The van der Waals surface area contributed by atoms with E-state index in [1.165, 1.54) is 11.8 Å². The lowest BCUT2D eigenvalue weighted by atomic mass is 10.5. The van der Waals surface area contributed by atoms with Gasteiger partial charge in [0.25, 0.3) is 0 Å². The van der Waals surface area contributed by atoms with E-state index >= 15 is 0 Å². The Morgan fingerprint density at radius 1 is 1.77 bits per heavy atom. The number of hydrogen-bond donors (Lipinski definition) is 2. The molecular weight excluding hydrogens is 192 g/mol. The van der Waals surface area contributed by atoms with E-state index in [9.17, 15) is 4.79 Å². The van der Waals surface area contributed by atoms with E-state index in [1.54, 1.807) is 11.7 Å². The summed E-state index contributed by atoms with van der Waals surface area (Å²) in [5.41, 5.74) is 2.05. The lowest BCUT2D eigenvalue weighted by molar-refractivity contribution is -0.120. The van der Waals surface area contributed by atoms with Crippen molar-refractivity contribution >= 4 is 17.7 Å². The molecule has 0 aliphatic heterocycles. The number of hydrazine groups is 1. The molecule has 0 unspecified atom stereocenters. The third-order valence-electron chi connectivity index (χ3n) is 1.30. The normalized spacial score (nSPS) is 10.0. The first-order valence-corrected chi connectivity index (χ1v) is 4.57. The summed E-state index contributed by atoms with van der Waals surface area (Å²) in [6, 6.07) is 0. The summed E-state index contributed by atoms with van der Waals surface area (Å²) in [7, 11) is 1.74. The first-order chi connectivity index (χ1) is 6.24. The fraction of sp³-hybridized carbons (Fsp3) is 0.600. The molecule has 0 fully saturated rings. The Morgan fingerprint density at radius 2 is 2.54 bits per heavy atom. The molecule has 0 bridgehead atoms. The summed E-state index contributed by atoms with van der Waals surface area (Å²) in [6.07, 6.45) is 0.355. The topological polar surface area (TPSA) is 98.7 Å². The van der Waals surface area contributed by atoms with Gasteiger partial charge in [-0.25, -0.2) is 10.5 Å². The number of carbonyl (C=O) groups is 1. The van der Waals surface area contributed by atoms with Gasteiger partial charge in [-0.3, -0.25) is 10.2 Å². The van der Waals surface area contributed by atoms with Gasteiger partial charge in [-0.1, -0.05) is 11.8 Å². The zero-order valence-corrected chi connectivity index (χ0v) is 7.91. The molecule has 7 nitrogen and oxygen atoms in total. The zero-order valence-electron chi connectivity index (χ0n) is 7.10. The highest BCUT2D eigenvalue weighted by molar-refractivity contribution is 7.99. The number of nitrogens with one attached hydrogen (secondary N) is 1. The molecule has 0 aromatic carbocycles. The van der Waals surface area contributed by atoms with Gasteiger partial charge in [0.1, 0.15) is 0 Å². The van der Waals surface area contributed by atoms with Crippen molar-refractivity contribution in [3.05, 3.63) is 0 Å². The summed E-state index contributed by atoms with van der Waals surface area (Å²) >= 11 is 1.41. The Balaban J connectivity index is 2.28. The largest absolute Gasteiger partial charge is 0.294 e. The van der Waals surface area contributed by atoms with Crippen LogP contribution in [0.25, 0.3) is 0 Å². The number of tetrazole rings is 1. The van der Waals surface area contributed by atoms with E-state index in [2.05, 4.69) is 15.5 Å². The molecule has 1 rings (SSSR count). The Hall–Kier alpha value is -1.15. The predicted octanol–water partition coefficient (Wildman–Crippen LogP) is -1.32. The van der Waals surface area contributed by atoms with Crippen molar-refractivity contribution in [3.8, 4) is 0 Å². The van der Waals surface area contributed by atoms with Crippen LogP contribution >= 0.6 is 11.8 Å². The maximum atomic E-state index is 10.7. The first kappa shape index (κ1) is 9.93. The Labute approximate surface area is 79.0 Å². The SMILES string of the molecule is Cn1nnnc1SCCC(=O)NN. The second kappa shape index (κ2) is 4.77. The number of rotatable bonds is 4. The third-order valence-corrected chi connectivity index (χ3v) is 2.31. The van der Waals surface area contributed by atoms with Gasteiger partial charge >= 0.3 is 0 Å². The van der Waals surface area contributed by atoms with Crippen molar-refractivity contribution in [2.75, 3.05) is 5.75 Å². The van der Waals surface area contributed by atoms with E-state index in [1.807, 2.05) is 5.43 Å². The monoisotopic (exact) mass is 202 g/mol. The molecule has 1 heterocycles. The molecule has 0 saturated carbocycles. The zero-order chi connectivity index (χ0) is 9.68. The highest BCUT2D eigenvalue weighted by Gasteiger charge is 2.04. The standard InChI is InChI=1S/C5H10N6OS/c1-11-5(8-9-10-11)13-3-2-4(12)7-6/h2-3,6H2,1H3,(H,7,12). The van der Waals surface area contributed by atoms with Crippen LogP contribution in [0.1, 0.15) is 6.42 Å². The molecule has 1 amide bonds. The van der Waals surface area contributed by atoms with Gasteiger partial charge in [-0.05, 0) is 10.4 Å². The van der Waals surface area contributed by atoms with Gasteiger partial charge in [0, 0.05) is 19.2 Å². The van der Waals surface area contributed by atoms with Crippen LogP contribution in [0.5, 0.6) is 0 Å². The molecule has 0 aliphatic rings. The van der Waals surface area contributed by atoms with Gasteiger partial charge in [0.15, 0.2) is 0 Å². The van der Waals surface area contributed by atoms with Gasteiger partial charge in [-0.2, -0.15) is 0 Å². The number of hydrogen-bond acceptors (Lipinski definition) is 6. The van der Waals surface area contributed by atoms with E-state index in [4.69, 9.17) is 5.84 Å². The number of amides is 1. The number of carbonyl (C=O) groups excluding carboxylic acids is 1. The maximum Gasteiger partial charge on any atom is 0.234 e. The Bertz CT molecular complexity index is 286. The average Bonchev–Trinajstić information content (AvgIpc) is 2.52. The summed E-state index contributed by atoms with van der Waals surface area (Å²) in [5.74, 6) is 5.32.